The Labute approximate surface area is 110 Å². The SMILES string of the molecule is CC(C)n1cc(OCc2cccc(C(=O)O)n2)cn1. The highest BCUT2D eigenvalue weighted by Crippen LogP contribution is 2.14. The molecule has 6 nitrogen and oxygen atoms in total. The van der Waals surface area contributed by atoms with Gasteiger partial charge in [-0.25, -0.2) is 9.78 Å². The molecule has 0 fully saturated rings. The van der Waals surface area contributed by atoms with Crippen LogP contribution in [-0.4, -0.2) is 25.8 Å². The van der Waals surface area contributed by atoms with E-state index in [1.165, 1.54) is 6.07 Å². The number of carbonyl (C=O) groups is 1. The first-order valence-electron chi connectivity index (χ1n) is 5.92. The average Bonchev–Trinajstić information content (AvgIpc) is 2.85. The highest BCUT2D eigenvalue weighted by Gasteiger charge is 2.07. The lowest BCUT2D eigenvalue weighted by Crippen LogP contribution is -2.04. The number of hydrogen-bond donors (Lipinski definition) is 1. The van der Waals surface area contributed by atoms with E-state index in [1.54, 1.807) is 29.2 Å². The van der Waals surface area contributed by atoms with Crippen molar-refractivity contribution >= 4 is 5.97 Å². The van der Waals surface area contributed by atoms with Crippen LogP contribution < -0.4 is 4.74 Å². The molecule has 0 radical (unpaired) electrons. The molecule has 2 aromatic rings. The highest BCUT2D eigenvalue weighted by molar-refractivity contribution is 5.85. The molecule has 0 aromatic carbocycles. The third-order valence-corrected chi connectivity index (χ3v) is 2.52. The number of hydrogen-bond acceptors (Lipinski definition) is 4. The van der Waals surface area contributed by atoms with E-state index in [0.29, 0.717) is 11.4 Å². The van der Waals surface area contributed by atoms with Crippen molar-refractivity contribution in [1.29, 1.82) is 0 Å². The van der Waals surface area contributed by atoms with E-state index in [0.717, 1.165) is 0 Å². The number of carboxylic acids is 1. The first-order chi connectivity index (χ1) is 9.06. The van der Waals surface area contributed by atoms with Crippen LogP contribution in [0.1, 0.15) is 36.1 Å². The van der Waals surface area contributed by atoms with Gasteiger partial charge in [-0.2, -0.15) is 5.10 Å². The zero-order valence-electron chi connectivity index (χ0n) is 10.8. The molecule has 0 aliphatic heterocycles. The molecule has 0 spiro atoms. The van der Waals surface area contributed by atoms with Crippen LogP contribution in [0, 0.1) is 0 Å². The molecule has 0 unspecified atom stereocenters. The Balaban J connectivity index is 2.01. The van der Waals surface area contributed by atoms with Gasteiger partial charge in [0.05, 0.1) is 18.1 Å². The maximum atomic E-state index is 10.8. The summed E-state index contributed by atoms with van der Waals surface area (Å²) in [4.78, 5) is 14.8. The number of pyridine rings is 1. The molecule has 2 aromatic heterocycles. The van der Waals surface area contributed by atoms with Crippen LogP contribution in [0.3, 0.4) is 0 Å². The van der Waals surface area contributed by atoms with Crippen LogP contribution in [0.4, 0.5) is 0 Å². The molecule has 1 N–H and O–H groups in total. The normalized spacial score (nSPS) is 10.7. The van der Waals surface area contributed by atoms with E-state index in [4.69, 9.17) is 9.84 Å². The second-order valence-electron chi connectivity index (χ2n) is 4.36. The molecular weight excluding hydrogens is 246 g/mol. The average molecular weight is 261 g/mol. The van der Waals surface area contributed by atoms with Crippen molar-refractivity contribution in [2.45, 2.75) is 26.5 Å². The monoisotopic (exact) mass is 261 g/mol. The van der Waals surface area contributed by atoms with Crippen molar-refractivity contribution in [1.82, 2.24) is 14.8 Å². The van der Waals surface area contributed by atoms with Crippen molar-refractivity contribution in [2.24, 2.45) is 0 Å². The van der Waals surface area contributed by atoms with Crippen LogP contribution in [0.25, 0.3) is 0 Å². The topological polar surface area (TPSA) is 77.2 Å². The van der Waals surface area contributed by atoms with Gasteiger partial charge in [0, 0.05) is 6.04 Å². The van der Waals surface area contributed by atoms with E-state index in [1.807, 2.05) is 13.8 Å². The number of rotatable bonds is 5. The van der Waals surface area contributed by atoms with Gasteiger partial charge in [-0.3, -0.25) is 4.68 Å². The summed E-state index contributed by atoms with van der Waals surface area (Å²) in [7, 11) is 0. The van der Waals surface area contributed by atoms with Gasteiger partial charge in [-0.1, -0.05) is 6.07 Å². The third kappa shape index (κ3) is 3.31. The molecule has 2 heterocycles. The maximum Gasteiger partial charge on any atom is 0.354 e. The Bertz CT molecular complexity index is 578. The van der Waals surface area contributed by atoms with Crippen molar-refractivity contribution in [3.8, 4) is 5.75 Å². The summed E-state index contributed by atoms with van der Waals surface area (Å²) in [6.45, 7) is 4.26. The molecular formula is C13H15N3O3. The Morgan fingerprint density at radius 1 is 1.47 bits per heavy atom. The summed E-state index contributed by atoms with van der Waals surface area (Å²) in [5, 5.41) is 13.0. The van der Waals surface area contributed by atoms with Crippen molar-refractivity contribution in [2.75, 3.05) is 0 Å². The lowest BCUT2D eigenvalue weighted by molar-refractivity contribution is 0.0690. The molecule has 0 saturated carbocycles. The minimum Gasteiger partial charge on any atom is -0.484 e. The molecule has 0 aliphatic rings. The first-order valence-corrected chi connectivity index (χ1v) is 5.92. The fourth-order valence-corrected chi connectivity index (χ4v) is 1.51. The van der Waals surface area contributed by atoms with Gasteiger partial charge >= 0.3 is 5.97 Å². The second kappa shape index (κ2) is 5.51. The largest absolute Gasteiger partial charge is 0.484 e. The number of carboxylic acid groups (broad SMARTS) is 1. The fourth-order valence-electron chi connectivity index (χ4n) is 1.51. The zero-order valence-corrected chi connectivity index (χ0v) is 10.8. The molecule has 19 heavy (non-hydrogen) atoms. The van der Waals surface area contributed by atoms with Crippen molar-refractivity contribution in [3.05, 3.63) is 42.0 Å². The second-order valence-corrected chi connectivity index (χ2v) is 4.36. The number of aromatic carboxylic acids is 1. The smallest absolute Gasteiger partial charge is 0.354 e. The Hall–Kier alpha value is -2.37. The Morgan fingerprint density at radius 2 is 2.26 bits per heavy atom. The van der Waals surface area contributed by atoms with Crippen LogP contribution in [0.5, 0.6) is 5.75 Å². The molecule has 6 heteroatoms. The van der Waals surface area contributed by atoms with E-state index < -0.39 is 5.97 Å². The molecule has 100 valence electrons. The predicted molar refractivity (Wildman–Crippen MR) is 68.1 cm³/mol. The van der Waals surface area contributed by atoms with Crippen LogP contribution in [0.2, 0.25) is 0 Å². The Kier molecular flexibility index (Phi) is 3.79. The van der Waals surface area contributed by atoms with Crippen molar-refractivity contribution in [3.63, 3.8) is 0 Å². The van der Waals surface area contributed by atoms with Gasteiger partial charge in [0.25, 0.3) is 0 Å². The van der Waals surface area contributed by atoms with E-state index in [-0.39, 0.29) is 18.3 Å². The fraction of sp³-hybridized carbons (Fsp3) is 0.308. The minimum atomic E-state index is -1.05. The standard InChI is InChI=1S/C13H15N3O3/c1-9(2)16-7-11(6-14-16)19-8-10-4-3-5-12(15-10)13(17)18/h3-7,9H,8H2,1-2H3,(H,17,18). The van der Waals surface area contributed by atoms with Gasteiger partial charge in [-0.15, -0.1) is 0 Å². The molecule has 0 atom stereocenters. The van der Waals surface area contributed by atoms with Gasteiger partial charge in [0.2, 0.25) is 0 Å². The molecule has 0 bridgehead atoms. The lowest BCUT2D eigenvalue weighted by Gasteiger charge is -2.05. The summed E-state index contributed by atoms with van der Waals surface area (Å²) in [5.41, 5.74) is 0.580. The van der Waals surface area contributed by atoms with Gasteiger partial charge in [0.15, 0.2) is 5.75 Å². The maximum absolute atomic E-state index is 10.8. The van der Waals surface area contributed by atoms with Crippen LogP contribution in [0.15, 0.2) is 30.6 Å². The van der Waals surface area contributed by atoms with Gasteiger partial charge < -0.3 is 9.84 Å². The summed E-state index contributed by atoms with van der Waals surface area (Å²) < 4.78 is 7.31. The highest BCUT2D eigenvalue weighted by atomic mass is 16.5. The molecule has 2 rings (SSSR count). The molecule has 0 aliphatic carbocycles. The van der Waals surface area contributed by atoms with E-state index in [2.05, 4.69) is 10.1 Å². The summed E-state index contributed by atoms with van der Waals surface area (Å²) in [6, 6.07) is 5.08. The number of aromatic nitrogens is 3. The van der Waals surface area contributed by atoms with Crippen LogP contribution >= 0.6 is 0 Å². The van der Waals surface area contributed by atoms with E-state index in [9.17, 15) is 4.79 Å². The quantitative estimate of drug-likeness (QED) is 0.892. The van der Waals surface area contributed by atoms with Gasteiger partial charge in [-0.05, 0) is 26.0 Å². The lowest BCUT2D eigenvalue weighted by atomic mass is 10.3. The summed E-state index contributed by atoms with van der Waals surface area (Å²) >= 11 is 0. The predicted octanol–water partition coefficient (Wildman–Crippen LogP) is 2.14. The third-order valence-electron chi connectivity index (χ3n) is 2.52. The zero-order chi connectivity index (χ0) is 13.8. The molecule has 0 amide bonds. The van der Waals surface area contributed by atoms with Gasteiger partial charge in [0.1, 0.15) is 12.3 Å². The Morgan fingerprint density at radius 3 is 2.89 bits per heavy atom. The summed E-state index contributed by atoms with van der Waals surface area (Å²) in [5.74, 6) is -0.411. The van der Waals surface area contributed by atoms with Crippen molar-refractivity contribution < 1.29 is 14.6 Å². The van der Waals surface area contributed by atoms with E-state index >= 15 is 0 Å². The summed E-state index contributed by atoms with van der Waals surface area (Å²) in [6.07, 6.45) is 3.42. The number of nitrogens with zero attached hydrogens (tertiary/aromatic N) is 3. The first kappa shape index (κ1) is 13.1. The van der Waals surface area contributed by atoms with Crippen LogP contribution in [-0.2, 0) is 6.61 Å². The minimum absolute atomic E-state index is 0.0129. The number of ether oxygens (including phenoxy) is 1. The molecule has 0 saturated heterocycles.